The van der Waals surface area contributed by atoms with Crippen molar-refractivity contribution in [1.29, 1.82) is 0 Å². The van der Waals surface area contributed by atoms with E-state index in [1.807, 2.05) is 0 Å². The number of carbonyl (C=O) groups excluding carboxylic acids is 2. The molecule has 17 heteroatoms. The highest BCUT2D eigenvalue weighted by molar-refractivity contribution is 7.80. The standard InChI is InChI=1S/C16H28N2O14S/c1-5(21)17-9-12(24)13(8(4-20)29-15(9)25)31-16-10(18-6(2)22)14(32-33(26,27)28)11(23)7(3-19)30-16/h7-16,19-20,23-25H,3-4H2,1-2H3,(H,17,21)(H,18,22)(H,26,27,28)/t7-,8-,9-,10-,11+,12-,13-,14-,15?,16+/m1/s1. The molecule has 0 aromatic carbocycles. The molecule has 0 radical (unpaired) electrons. The largest absolute Gasteiger partial charge is 0.397 e. The van der Waals surface area contributed by atoms with Crippen LogP contribution in [0.15, 0.2) is 0 Å². The molecular weight excluding hydrogens is 476 g/mol. The van der Waals surface area contributed by atoms with Crippen molar-refractivity contribution in [2.24, 2.45) is 0 Å². The minimum Gasteiger partial charge on any atom is -0.394 e. The Morgan fingerprint density at radius 2 is 1.42 bits per heavy atom. The average molecular weight is 504 g/mol. The predicted molar refractivity (Wildman–Crippen MR) is 102 cm³/mol. The molecule has 2 rings (SSSR count). The number of nitrogens with one attached hydrogen (secondary N) is 2. The van der Waals surface area contributed by atoms with E-state index in [4.69, 9.17) is 18.8 Å². The third-order valence-electron chi connectivity index (χ3n) is 4.99. The first kappa shape index (κ1) is 27.7. The summed E-state index contributed by atoms with van der Waals surface area (Å²) in [7, 11) is -5.17. The summed E-state index contributed by atoms with van der Waals surface area (Å²) in [6, 6.07) is -3.04. The SMILES string of the molecule is CC(=O)N[C@H]1[C@H](O[C@H]2[C@H](O)[C@@H](NC(C)=O)C(O)O[C@@H]2CO)O[C@H](CO)[C@H](O)[C@@H]1OS(=O)(=O)O. The van der Waals surface area contributed by atoms with Gasteiger partial charge in [0.1, 0.15) is 48.7 Å². The van der Waals surface area contributed by atoms with Gasteiger partial charge in [-0.2, -0.15) is 8.42 Å². The highest BCUT2D eigenvalue weighted by Gasteiger charge is 2.53. The van der Waals surface area contributed by atoms with Crippen molar-refractivity contribution in [2.75, 3.05) is 13.2 Å². The number of aliphatic hydroxyl groups excluding tert-OH is 5. The lowest BCUT2D eigenvalue weighted by atomic mass is 9.94. The first-order valence-corrected chi connectivity index (χ1v) is 11.1. The third kappa shape index (κ3) is 6.99. The third-order valence-corrected chi connectivity index (χ3v) is 5.46. The van der Waals surface area contributed by atoms with Crippen LogP contribution in [0, 0.1) is 0 Å². The first-order chi connectivity index (χ1) is 15.3. The summed E-state index contributed by atoms with van der Waals surface area (Å²) in [5.41, 5.74) is 0. The Kier molecular flexibility index (Phi) is 9.48. The molecule has 2 fully saturated rings. The van der Waals surface area contributed by atoms with Gasteiger partial charge in [-0.1, -0.05) is 0 Å². The molecule has 2 heterocycles. The lowest BCUT2D eigenvalue weighted by molar-refractivity contribution is -0.326. The summed E-state index contributed by atoms with van der Waals surface area (Å²) in [6.07, 6.45) is -13.4. The van der Waals surface area contributed by atoms with Crippen LogP contribution < -0.4 is 10.6 Å². The maximum Gasteiger partial charge on any atom is 0.397 e. The fourth-order valence-corrected chi connectivity index (χ4v) is 4.14. The Hall–Kier alpha value is -1.51. The highest BCUT2D eigenvalue weighted by atomic mass is 32.3. The number of rotatable bonds is 8. The molecule has 2 saturated heterocycles. The molecule has 1 unspecified atom stereocenters. The zero-order valence-corrected chi connectivity index (χ0v) is 18.4. The van der Waals surface area contributed by atoms with Crippen molar-refractivity contribution in [1.82, 2.24) is 10.6 Å². The maximum atomic E-state index is 11.7. The van der Waals surface area contributed by atoms with Crippen molar-refractivity contribution in [3.63, 3.8) is 0 Å². The lowest BCUT2D eigenvalue weighted by Gasteiger charge is -2.47. The van der Waals surface area contributed by atoms with Crippen molar-refractivity contribution in [2.45, 2.75) is 75.1 Å². The van der Waals surface area contributed by atoms with Crippen LogP contribution in [0.2, 0.25) is 0 Å². The van der Waals surface area contributed by atoms with Gasteiger partial charge in [0, 0.05) is 13.8 Å². The Balaban J connectivity index is 2.39. The molecule has 10 atom stereocenters. The summed E-state index contributed by atoms with van der Waals surface area (Å²) in [4.78, 5) is 23.1. The van der Waals surface area contributed by atoms with E-state index in [1.165, 1.54) is 0 Å². The second kappa shape index (κ2) is 11.3. The van der Waals surface area contributed by atoms with Crippen LogP contribution in [0.3, 0.4) is 0 Å². The summed E-state index contributed by atoms with van der Waals surface area (Å²) in [5.74, 6) is -1.40. The van der Waals surface area contributed by atoms with E-state index >= 15 is 0 Å². The van der Waals surface area contributed by atoms with Gasteiger partial charge < -0.3 is 50.4 Å². The topological polar surface area (TPSA) is 251 Å². The zero-order chi connectivity index (χ0) is 25.1. The summed E-state index contributed by atoms with van der Waals surface area (Å²) in [5, 5.41) is 54.6. The van der Waals surface area contributed by atoms with Gasteiger partial charge >= 0.3 is 10.4 Å². The fourth-order valence-electron chi connectivity index (χ4n) is 3.62. The van der Waals surface area contributed by atoms with Gasteiger partial charge in [0.05, 0.1) is 13.2 Å². The number of ether oxygens (including phenoxy) is 3. The van der Waals surface area contributed by atoms with Gasteiger partial charge in [-0.25, -0.2) is 4.18 Å². The number of amides is 2. The Bertz CT molecular complexity index is 796. The molecule has 33 heavy (non-hydrogen) atoms. The quantitative estimate of drug-likeness (QED) is 0.144. The van der Waals surface area contributed by atoms with Crippen LogP contribution in [0.1, 0.15) is 13.8 Å². The summed E-state index contributed by atoms with van der Waals surface area (Å²) in [6.45, 7) is 0.471. The van der Waals surface area contributed by atoms with Crippen LogP contribution >= 0.6 is 0 Å². The molecule has 8 N–H and O–H groups in total. The molecule has 0 spiro atoms. The molecule has 0 saturated carbocycles. The van der Waals surface area contributed by atoms with E-state index in [9.17, 15) is 43.5 Å². The second-order valence-corrected chi connectivity index (χ2v) is 8.54. The van der Waals surface area contributed by atoms with Crippen molar-refractivity contribution < 1.29 is 66.5 Å². The van der Waals surface area contributed by atoms with Gasteiger partial charge in [-0.15, -0.1) is 0 Å². The van der Waals surface area contributed by atoms with Crippen LogP contribution in [0.25, 0.3) is 0 Å². The number of hydrogen-bond acceptors (Lipinski definition) is 13. The molecule has 2 aliphatic rings. The first-order valence-electron chi connectivity index (χ1n) is 9.71. The lowest BCUT2D eigenvalue weighted by Crippen LogP contribution is -2.69. The van der Waals surface area contributed by atoms with E-state index in [1.54, 1.807) is 0 Å². The summed E-state index contributed by atoms with van der Waals surface area (Å²) < 4.78 is 52.4. The highest BCUT2D eigenvalue weighted by Crippen LogP contribution is 2.30. The molecule has 0 aliphatic carbocycles. The minimum atomic E-state index is -5.17. The van der Waals surface area contributed by atoms with Crippen molar-refractivity contribution >= 4 is 22.2 Å². The molecule has 2 amide bonds. The molecule has 0 aromatic heterocycles. The van der Waals surface area contributed by atoms with Crippen LogP contribution in [-0.4, -0.2) is 125 Å². The van der Waals surface area contributed by atoms with Gasteiger partial charge in [0.25, 0.3) is 0 Å². The van der Waals surface area contributed by atoms with E-state index in [0.29, 0.717) is 0 Å². The molecule has 192 valence electrons. The summed E-state index contributed by atoms with van der Waals surface area (Å²) >= 11 is 0. The van der Waals surface area contributed by atoms with Crippen molar-refractivity contribution in [3.8, 4) is 0 Å². The Morgan fingerprint density at radius 1 is 0.879 bits per heavy atom. The normalized spacial score (nSPS) is 39.6. The number of aliphatic hydroxyl groups is 5. The van der Waals surface area contributed by atoms with Crippen molar-refractivity contribution in [3.05, 3.63) is 0 Å². The second-order valence-electron chi connectivity index (χ2n) is 7.50. The molecule has 2 aliphatic heterocycles. The fraction of sp³-hybridized carbons (Fsp3) is 0.875. The molecule has 0 bridgehead atoms. The molecule has 0 aromatic rings. The molecule has 16 nitrogen and oxygen atoms in total. The van der Waals surface area contributed by atoms with E-state index < -0.39 is 96.7 Å². The van der Waals surface area contributed by atoms with E-state index in [2.05, 4.69) is 14.8 Å². The van der Waals surface area contributed by atoms with Crippen LogP contribution in [0.5, 0.6) is 0 Å². The van der Waals surface area contributed by atoms with Crippen LogP contribution in [0.4, 0.5) is 0 Å². The Labute approximate surface area is 188 Å². The van der Waals surface area contributed by atoms with Gasteiger partial charge in [0.2, 0.25) is 11.8 Å². The van der Waals surface area contributed by atoms with E-state index in [0.717, 1.165) is 13.8 Å². The van der Waals surface area contributed by atoms with Gasteiger partial charge in [0.15, 0.2) is 12.6 Å². The predicted octanol–water partition coefficient (Wildman–Crippen LogP) is -5.28. The Morgan fingerprint density at radius 3 is 1.91 bits per heavy atom. The molecular formula is C16H28N2O14S. The minimum absolute atomic E-state index is 0.641. The van der Waals surface area contributed by atoms with Crippen LogP contribution in [-0.2, 0) is 38.4 Å². The maximum absolute atomic E-state index is 11.7. The monoisotopic (exact) mass is 504 g/mol. The number of hydrogen-bond donors (Lipinski definition) is 8. The zero-order valence-electron chi connectivity index (χ0n) is 17.5. The average Bonchev–Trinajstić information content (AvgIpc) is 2.70. The van der Waals surface area contributed by atoms with E-state index in [-0.39, 0.29) is 0 Å². The number of carbonyl (C=O) groups is 2. The van der Waals surface area contributed by atoms with Gasteiger partial charge in [-0.05, 0) is 0 Å². The van der Waals surface area contributed by atoms with Gasteiger partial charge in [-0.3, -0.25) is 14.1 Å². The smallest absolute Gasteiger partial charge is 0.394 e.